The number of carbonyl (C=O) groups excluding carboxylic acids is 1. The highest BCUT2D eigenvalue weighted by molar-refractivity contribution is 9.10. The Labute approximate surface area is 129 Å². The van der Waals surface area contributed by atoms with Crippen LogP contribution in [0.5, 0.6) is 5.75 Å². The summed E-state index contributed by atoms with van der Waals surface area (Å²) in [6, 6.07) is 3.93. The number of carboxylic acids is 1. The van der Waals surface area contributed by atoms with E-state index in [2.05, 4.69) is 15.9 Å². The fourth-order valence-electron chi connectivity index (χ4n) is 2.23. The lowest BCUT2D eigenvalue weighted by Gasteiger charge is -2.22. The van der Waals surface area contributed by atoms with Gasteiger partial charge in [0.2, 0.25) is 0 Å². The van der Waals surface area contributed by atoms with Crippen molar-refractivity contribution in [3.8, 4) is 5.75 Å². The first-order chi connectivity index (χ1) is 9.88. The van der Waals surface area contributed by atoms with Gasteiger partial charge in [0, 0.05) is 13.1 Å². The van der Waals surface area contributed by atoms with E-state index in [4.69, 9.17) is 9.84 Å². The number of nitrogens with zero attached hydrogens (tertiary/aromatic N) is 1. The molecule has 0 unspecified atom stereocenters. The summed E-state index contributed by atoms with van der Waals surface area (Å²) in [5.74, 6) is -1.71. The van der Waals surface area contributed by atoms with Gasteiger partial charge in [0.15, 0.2) is 6.10 Å². The molecule has 1 aliphatic heterocycles. The van der Waals surface area contributed by atoms with E-state index in [1.807, 2.05) is 0 Å². The van der Waals surface area contributed by atoms with Crippen LogP contribution >= 0.6 is 15.9 Å². The van der Waals surface area contributed by atoms with Gasteiger partial charge in [-0.15, -0.1) is 0 Å². The highest BCUT2D eigenvalue weighted by atomic mass is 79.9. The zero-order valence-electron chi connectivity index (χ0n) is 11.4. The van der Waals surface area contributed by atoms with Crippen LogP contribution in [0.4, 0.5) is 4.39 Å². The normalized spacial score (nSPS) is 19.4. The van der Waals surface area contributed by atoms with Crippen LogP contribution in [0.1, 0.15) is 13.3 Å². The molecule has 0 saturated carbocycles. The maximum absolute atomic E-state index is 13.0. The van der Waals surface area contributed by atoms with E-state index in [9.17, 15) is 14.0 Å². The third kappa shape index (κ3) is 3.72. The fourth-order valence-corrected chi connectivity index (χ4v) is 2.68. The van der Waals surface area contributed by atoms with Crippen LogP contribution in [0.25, 0.3) is 0 Å². The van der Waals surface area contributed by atoms with Crippen molar-refractivity contribution in [2.24, 2.45) is 5.92 Å². The van der Waals surface area contributed by atoms with Crippen LogP contribution in [0.15, 0.2) is 22.7 Å². The van der Waals surface area contributed by atoms with E-state index < -0.39 is 23.8 Å². The third-order valence-electron chi connectivity index (χ3n) is 3.39. The summed E-state index contributed by atoms with van der Waals surface area (Å²) in [5.41, 5.74) is 0. The molecule has 5 nitrogen and oxygen atoms in total. The molecule has 1 N–H and O–H groups in total. The minimum atomic E-state index is -0.889. The van der Waals surface area contributed by atoms with Crippen molar-refractivity contribution in [3.05, 3.63) is 28.5 Å². The second-order valence-corrected chi connectivity index (χ2v) is 5.80. The Morgan fingerprint density at radius 2 is 2.24 bits per heavy atom. The lowest BCUT2D eigenvalue weighted by atomic mass is 10.1. The summed E-state index contributed by atoms with van der Waals surface area (Å²) < 4.78 is 18.9. The molecule has 0 radical (unpaired) electrons. The average molecular weight is 360 g/mol. The van der Waals surface area contributed by atoms with Crippen molar-refractivity contribution >= 4 is 27.8 Å². The number of ether oxygens (including phenoxy) is 1. The quantitative estimate of drug-likeness (QED) is 0.895. The van der Waals surface area contributed by atoms with E-state index in [0.29, 0.717) is 23.2 Å². The SMILES string of the molecule is C[C@@H](Oc1ccc(F)cc1Br)C(=O)N1CC[C@H](C(=O)O)C1. The molecule has 0 bridgehead atoms. The molecule has 7 heteroatoms. The van der Waals surface area contributed by atoms with Crippen LogP contribution in [0, 0.1) is 11.7 Å². The molecule has 2 rings (SSSR count). The molecule has 0 aromatic heterocycles. The minimum absolute atomic E-state index is 0.201. The van der Waals surface area contributed by atoms with Gasteiger partial charge in [-0.1, -0.05) is 0 Å². The zero-order chi connectivity index (χ0) is 15.6. The number of amides is 1. The molecule has 1 aromatic carbocycles. The Hall–Kier alpha value is -1.63. The van der Waals surface area contributed by atoms with Crippen LogP contribution < -0.4 is 4.74 Å². The fraction of sp³-hybridized carbons (Fsp3) is 0.429. The Morgan fingerprint density at radius 1 is 1.52 bits per heavy atom. The number of hydrogen-bond acceptors (Lipinski definition) is 3. The number of hydrogen-bond donors (Lipinski definition) is 1. The van der Waals surface area contributed by atoms with Gasteiger partial charge >= 0.3 is 5.97 Å². The second-order valence-electron chi connectivity index (χ2n) is 4.94. The van der Waals surface area contributed by atoms with Gasteiger partial charge in [-0.3, -0.25) is 9.59 Å². The van der Waals surface area contributed by atoms with E-state index >= 15 is 0 Å². The standard InChI is InChI=1S/C14H15BrFNO4/c1-8(21-12-3-2-10(16)6-11(12)15)13(18)17-5-4-9(7-17)14(19)20/h2-3,6,8-9H,4-5,7H2,1H3,(H,19,20)/t8-,9+/m1/s1. The van der Waals surface area contributed by atoms with E-state index in [-0.39, 0.29) is 12.5 Å². The summed E-state index contributed by atoms with van der Waals surface area (Å²) in [6.45, 7) is 2.20. The summed E-state index contributed by atoms with van der Waals surface area (Å²) in [6.07, 6.45) is -0.312. The van der Waals surface area contributed by atoms with Crippen LogP contribution in [-0.4, -0.2) is 41.1 Å². The first-order valence-electron chi connectivity index (χ1n) is 6.51. The smallest absolute Gasteiger partial charge is 0.308 e. The predicted molar refractivity (Wildman–Crippen MR) is 76.5 cm³/mol. The van der Waals surface area contributed by atoms with Gasteiger partial charge in [0.05, 0.1) is 10.4 Å². The molecular formula is C14H15BrFNO4. The van der Waals surface area contributed by atoms with Crippen molar-refractivity contribution in [3.63, 3.8) is 0 Å². The minimum Gasteiger partial charge on any atom is -0.481 e. The number of aliphatic carboxylic acids is 1. The van der Waals surface area contributed by atoms with Crippen molar-refractivity contribution in [1.82, 2.24) is 4.90 Å². The molecule has 2 atom stereocenters. The highest BCUT2D eigenvalue weighted by Gasteiger charge is 2.33. The maximum atomic E-state index is 13.0. The maximum Gasteiger partial charge on any atom is 0.308 e. The summed E-state index contributed by atoms with van der Waals surface area (Å²) in [7, 11) is 0. The lowest BCUT2D eigenvalue weighted by Crippen LogP contribution is -2.39. The van der Waals surface area contributed by atoms with Gasteiger partial charge in [0.1, 0.15) is 11.6 Å². The number of benzene rings is 1. The van der Waals surface area contributed by atoms with E-state index in [1.165, 1.54) is 23.1 Å². The topological polar surface area (TPSA) is 66.8 Å². The van der Waals surface area contributed by atoms with Crippen LogP contribution in [0.2, 0.25) is 0 Å². The van der Waals surface area contributed by atoms with Gasteiger partial charge in [-0.05, 0) is 47.5 Å². The summed E-state index contributed by atoms with van der Waals surface area (Å²) in [4.78, 5) is 24.6. The average Bonchev–Trinajstić information content (AvgIpc) is 2.90. The van der Waals surface area contributed by atoms with Crippen LogP contribution in [0.3, 0.4) is 0 Å². The number of halogens is 2. The van der Waals surface area contributed by atoms with Gasteiger partial charge in [-0.25, -0.2) is 4.39 Å². The van der Waals surface area contributed by atoms with Gasteiger partial charge in [0.25, 0.3) is 5.91 Å². The second kappa shape index (κ2) is 6.43. The Balaban J connectivity index is 1.98. The summed E-state index contributed by atoms with van der Waals surface area (Å²) in [5, 5.41) is 8.94. The summed E-state index contributed by atoms with van der Waals surface area (Å²) >= 11 is 3.17. The number of carboxylic acid groups (broad SMARTS) is 1. The third-order valence-corrected chi connectivity index (χ3v) is 4.01. The highest BCUT2D eigenvalue weighted by Crippen LogP contribution is 2.27. The monoisotopic (exact) mass is 359 g/mol. The Bertz CT molecular complexity index is 566. The van der Waals surface area contributed by atoms with Crippen molar-refractivity contribution in [2.45, 2.75) is 19.4 Å². The Morgan fingerprint density at radius 3 is 2.81 bits per heavy atom. The number of carbonyl (C=O) groups is 2. The number of rotatable bonds is 4. The molecule has 21 heavy (non-hydrogen) atoms. The first-order valence-corrected chi connectivity index (χ1v) is 7.31. The lowest BCUT2D eigenvalue weighted by molar-refractivity contribution is -0.142. The molecule has 1 aromatic rings. The van der Waals surface area contributed by atoms with Gasteiger partial charge < -0.3 is 14.7 Å². The Kier molecular flexibility index (Phi) is 4.82. The molecule has 1 saturated heterocycles. The molecule has 114 valence electrons. The molecular weight excluding hydrogens is 345 g/mol. The molecule has 1 aliphatic rings. The van der Waals surface area contributed by atoms with Crippen molar-refractivity contribution in [2.75, 3.05) is 13.1 Å². The molecule has 1 amide bonds. The molecule has 1 fully saturated rings. The largest absolute Gasteiger partial charge is 0.481 e. The van der Waals surface area contributed by atoms with Crippen LogP contribution in [-0.2, 0) is 9.59 Å². The molecule has 0 spiro atoms. The van der Waals surface area contributed by atoms with Gasteiger partial charge in [-0.2, -0.15) is 0 Å². The zero-order valence-corrected chi connectivity index (χ0v) is 13.0. The van der Waals surface area contributed by atoms with E-state index in [0.717, 1.165) is 0 Å². The molecule has 0 aliphatic carbocycles. The van der Waals surface area contributed by atoms with Crippen molar-refractivity contribution < 1.29 is 23.8 Å². The van der Waals surface area contributed by atoms with Crippen molar-refractivity contribution in [1.29, 1.82) is 0 Å². The van der Waals surface area contributed by atoms with E-state index in [1.54, 1.807) is 6.92 Å². The predicted octanol–water partition coefficient (Wildman–Crippen LogP) is 2.29. The number of likely N-dealkylation sites (tertiary alicyclic amines) is 1. The first kappa shape index (κ1) is 15.8. The molecule has 1 heterocycles.